The average molecular weight is 341 g/mol. The second-order valence-corrected chi connectivity index (χ2v) is 6.99. The van der Waals surface area contributed by atoms with Crippen LogP contribution in [0, 0.1) is 6.92 Å². The van der Waals surface area contributed by atoms with Gasteiger partial charge in [-0.05, 0) is 43.5 Å². The van der Waals surface area contributed by atoms with Crippen molar-refractivity contribution in [3.63, 3.8) is 0 Å². The molecule has 6 nitrogen and oxygen atoms in total. The van der Waals surface area contributed by atoms with Gasteiger partial charge in [0.05, 0.1) is 0 Å². The minimum absolute atomic E-state index is 0.00541. The summed E-state index contributed by atoms with van der Waals surface area (Å²) in [5, 5.41) is 6.46. The number of rotatable bonds is 5. The Morgan fingerprint density at radius 3 is 2.92 bits per heavy atom. The number of carbonyl (C=O) groups is 1. The van der Waals surface area contributed by atoms with Crippen LogP contribution in [0.5, 0.6) is 0 Å². The van der Waals surface area contributed by atoms with E-state index >= 15 is 0 Å². The van der Waals surface area contributed by atoms with Crippen LogP contribution in [0.4, 0.5) is 0 Å². The first-order valence-corrected chi connectivity index (χ1v) is 8.96. The highest BCUT2D eigenvalue weighted by atomic mass is 16.2. The summed E-state index contributed by atoms with van der Waals surface area (Å²) in [6.45, 7) is 10.5. The summed E-state index contributed by atoms with van der Waals surface area (Å²) in [4.78, 5) is 21.5. The molecule has 0 saturated carbocycles. The Morgan fingerprint density at radius 1 is 1.36 bits per heavy atom. The lowest BCUT2D eigenvalue weighted by Gasteiger charge is -2.22. The molecule has 2 aromatic heterocycles. The maximum Gasteiger partial charge on any atom is 0.243 e. The van der Waals surface area contributed by atoms with Crippen LogP contribution in [0.2, 0.25) is 0 Å². The van der Waals surface area contributed by atoms with Crippen LogP contribution in [0.1, 0.15) is 60.9 Å². The van der Waals surface area contributed by atoms with Crippen molar-refractivity contribution in [3.8, 4) is 0 Å². The Bertz CT molecular complexity index is 765. The largest absolute Gasteiger partial charge is 0.350 e. The Labute approximate surface area is 149 Å². The van der Waals surface area contributed by atoms with Gasteiger partial charge in [0, 0.05) is 43.3 Å². The van der Waals surface area contributed by atoms with E-state index in [9.17, 15) is 4.79 Å². The minimum Gasteiger partial charge on any atom is -0.350 e. The molecule has 134 valence electrons. The lowest BCUT2D eigenvalue weighted by atomic mass is 9.96. The number of imidazole rings is 1. The number of amides is 1. The summed E-state index contributed by atoms with van der Waals surface area (Å²) in [7, 11) is 0. The Kier molecular flexibility index (Phi) is 5.18. The zero-order valence-corrected chi connectivity index (χ0v) is 15.5. The fourth-order valence-electron chi connectivity index (χ4n) is 3.43. The van der Waals surface area contributed by atoms with Crippen molar-refractivity contribution in [3.05, 3.63) is 46.8 Å². The van der Waals surface area contributed by atoms with E-state index in [2.05, 4.69) is 34.4 Å². The molecule has 0 aromatic carbocycles. The van der Waals surface area contributed by atoms with E-state index in [4.69, 9.17) is 0 Å². The molecular weight excluding hydrogens is 314 g/mol. The molecule has 3 rings (SSSR count). The van der Waals surface area contributed by atoms with Gasteiger partial charge in [-0.2, -0.15) is 0 Å². The number of nitrogens with one attached hydrogen (secondary N) is 2. The second kappa shape index (κ2) is 7.35. The van der Waals surface area contributed by atoms with Crippen molar-refractivity contribution >= 4 is 5.91 Å². The highest BCUT2D eigenvalue weighted by Crippen LogP contribution is 2.21. The molecular formula is C19H27N5O. The van der Waals surface area contributed by atoms with E-state index in [0.717, 1.165) is 36.6 Å². The van der Waals surface area contributed by atoms with Crippen LogP contribution in [-0.2, 0) is 24.3 Å². The number of fused-ring (bicyclic) bond motifs is 1. The van der Waals surface area contributed by atoms with Crippen LogP contribution in [0.3, 0.4) is 0 Å². The third kappa shape index (κ3) is 3.58. The van der Waals surface area contributed by atoms with Crippen molar-refractivity contribution < 1.29 is 4.79 Å². The molecule has 0 bridgehead atoms. The van der Waals surface area contributed by atoms with Gasteiger partial charge in [-0.3, -0.25) is 9.78 Å². The third-order valence-corrected chi connectivity index (χ3v) is 4.92. The summed E-state index contributed by atoms with van der Waals surface area (Å²) in [6, 6.07) is -0.283. The fraction of sp³-hybridized carbons (Fsp3) is 0.526. The van der Waals surface area contributed by atoms with Gasteiger partial charge in [-0.15, -0.1) is 0 Å². The van der Waals surface area contributed by atoms with E-state index in [1.165, 1.54) is 11.1 Å². The number of nitrogens with zero attached hydrogens (tertiary/aromatic N) is 3. The van der Waals surface area contributed by atoms with Crippen LogP contribution in [0.15, 0.2) is 18.6 Å². The van der Waals surface area contributed by atoms with Gasteiger partial charge >= 0.3 is 0 Å². The molecule has 2 aromatic rings. The quantitative estimate of drug-likeness (QED) is 0.875. The highest BCUT2D eigenvalue weighted by Gasteiger charge is 2.21. The minimum atomic E-state index is -0.283. The predicted molar refractivity (Wildman–Crippen MR) is 97.3 cm³/mol. The van der Waals surface area contributed by atoms with Crippen molar-refractivity contribution in [2.45, 2.75) is 59.2 Å². The summed E-state index contributed by atoms with van der Waals surface area (Å²) in [5.41, 5.74) is 4.74. The molecule has 0 saturated heterocycles. The average Bonchev–Trinajstić information content (AvgIpc) is 3.10. The normalized spacial score (nSPS) is 15.1. The first-order chi connectivity index (χ1) is 12.0. The second-order valence-electron chi connectivity index (χ2n) is 6.99. The molecule has 0 fully saturated rings. The number of hydrogen-bond donors (Lipinski definition) is 2. The van der Waals surface area contributed by atoms with Crippen LogP contribution in [0.25, 0.3) is 0 Å². The van der Waals surface area contributed by atoms with Gasteiger partial charge in [0.25, 0.3) is 0 Å². The molecule has 1 aliphatic rings. The fourth-order valence-corrected chi connectivity index (χ4v) is 3.43. The molecule has 0 unspecified atom stereocenters. The Morgan fingerprint density at radius 2 is 2.16 bits per heavy atom. The topological polar surface area (TPSA) is 71.8 Å². The van der Waals surface area contributed by atoms with E-state index in [1.807, 2.05) is 30.8 Å². The lowest BCUT2D eigenvalue weighted by Crippen LogP contribution is -2.33. The standard InChI is InChI=1S/C19H27N5O/c1-12(2)18-21-7-8-24(18)14(4)19(25)23-11-17-13(3)22-10-15-9-20-6-5-16(15)17/h7-8,10,12,14,20H,5-6,9,11H2,1-4H3,(H,23,25)/t14-/m1/s1. The van der Waals surface area contributed by atoms with E-state index in [0.29, 0.717) is 6.54 Å². The molecule has 1 aliphatic heterocycles. The van der Waals surface area contributed by atoms with Crippen molar-refractivity contribution in [2.24, 2.45) is 0 Å². The number of hydrogen-bond acceptors (Lipinski definition) is 4. The molecule has 1 amide bonds. The first kappa shape index (κ1) is 17.6. The molecule has 1 atom stereocenters. The molecule has 3 heterocycles. The summed E-state index contributed by atoms with van der Waals surface area (Å²) in [5.74, 6) is 1.22. The van der Waals surface area contributed by atoms with Crippen LogP contribution < -0.4 is 10.6 Å². The van der Waals surface area contributed by atoms with Gasteiger partial charge in [0.15, 0.2) is 0 Å². The molecule has 2 N–H and O–H groups in total. The highest BCUT2D eigenvalue weighted by molar-refractivity contribution is 5.80. The molecule has 0 spiro atoms. The van der Waals surface area contributed by atoms with Crippen molar-refractivity contribution in [2.75, 3.05) is 6.54 Å². The number of aromatic nitrogens is 3. The van der Waals surface area contributed by atoms with Crippen LogP contribution >= 0.6 is 0 Å². The number of pyridine rings is 1. The molecule has 0 aliphatic carbocycles. The van der Waals surface area contributed by atoms with Gasteiger partial charge in [0.1, 0.15) is 11.9 Å². The summed E-state index contributed by atoms with van der Waals surface area (Å²) < 4.78 is 1.95. The molecule has 0 radical (unpaired) electrons. The monoisotopic (exact) mass is 341 g/mol. The third-order valence-electron chi connectivity index (χ3n) is 4.92. The lowest BCUT2D eigenvalue weighted by molar-refractivity contribution is -0.124. The Balaban J connectivity index is 1.73. The molecule has 25 heavy (non-hydrogen) atoms. The van der Waals surface area contributed by atoms with Gasteiger partial charge in [0.2, 0.25) is 5.91 Å². The SMILES string of the molecule is Cc1ncc2c(c1CNC(=O)[C@@H](C)n1ccnc1C(C)C)CCNC2. The number of carbonyl (C=O) groups excluding carboxylic acids is 1. The van der Waals surface area contributed by atoms with Gasteiger partial charge in [-0.1, -0.05) is 13.8 Å². The predicted octanol–water partition coefficient (Wildman–Crippen LogP) is 2.23. The number of aryl methyl sites for hydroxylation is 1. The summed E-state index contributed by atoms with van der Waals surface area (Å²) >= 11 is 0. The van der Waals surface area contributed by atoms with Gasteiger partial charge < -0.3 is 15.2 Å². The Hall–Kier alpha value is -2.21. The van der Waals surface area contributed by atoms with E-state index in [-0.39, 0.29) is 17.9 Å². The molecule has 6 heteroatoms. The van der Waals surface area contributed by atoms with Crippen molar-refractivity contribution in [1.82, 2.24) is 25.2 Å². The maximum atomic E-state index is 12.7. The maximum absolute atomic E-state index is 12.7. The summed E-state index contributed by atoms with van der Waals surface area (Å²) in [6.07, 6.45) is 6.57. The van der Waals surface area contributed by atoms with Crippen molar-refractivity contribution in [1.29, 1.82) is 0 Å². The van der Waals surface area contributed by atoms with Crippen LogP contribution in [-0.4, -0.2) is 27.0 Å². The smallest absolute Gasteiger partial charge is 0.243 e. The first-order valence-electron chi connectivity index (χ1n) is 8.96. The zero-order valence-electron chi connectivity index (χ0n) is 15.5. The zero-order chi connectivity index (χ0) is 18.0. The van der Waals surface area contributed by atoms with E-state index in [1.54, 1.807) is 6.20 Å². The van der Waals surface area contributed by atoms with E-state index < -0.39 is 0 Å². The van der Waals surface area contributed by atoms with Gasteiger partial charge in [-0.25, -0.2) is 4.98 Å².